The molecule has 3 aromatic rings. The molecule has 100 valence electrons. The minimum Gasteiger partial charge on any atom is -0.452 e. The Balaban J connectivity index is 2.12. The summed E-state index contributed by atoms with van der Waals surface area (Å²) in [6.07, 6.45) is 0. The average molecular weight is 272 g/mol. The lowest BCUT2D eigenvalue weighted by molar-refractivity contribution is 0.101. The van der Waals surface area contributed by atoms with Gasteiger partial charge in [-0.05, 0) is 31.2 Å². The number of carbonyl (C=O) groups excluding carboxylic acids is 1. The lowest BCUT2D eigenvalue weighted by atomic mass is 10.0. The van der Waals surface area contributed by atoms with Crippen LogP contribution in [0, 0.1) is 18.6 Å². The van der Waals surface area contributed by atoms with Gasteiger partial charge in [0, 0.05) is 16.5 Å². The molecule has 2 nitrogen and oxygen atoms in total. The van der Waals surface area contributed by atoms with E-state index in [0.29, 0.717) is 11.1 Å². The van der Waals surface area contributed by atoms with Gasteiger partial charge in [0.15, 0.2) is 17.4 Å². The molecule has 20 heavy (non-hydrogen) atoms. The fourth-order valence-electron chi connectivity index (χ4n) is 2.16. The molecule has 0 radical (unpaired) electrons. The van der Waals surface area contributed by atoms with Crippen molar-refractivity contribution in [3.05, 3.63) is 71.0 Å². The molecule has 3 rings (SSSR count). The van der Waals surface area contributed by atoms with Crippen LogP contribution in [0.2, 0.25) is 0 Å². The molecule has 4 heteroatoms. The van der Waals surface area contributed by atoms with E-state index in [9.17, 15) is 13.6 Å². The first kappa shape index (κ1) is 12.5. The largest absolute Gasteiger partial charge is 0.452 e. The lowest BCUT2D eigenvalue weighted by Crippen LogP contribution is -2.02. The van der Waals surface area contributed by atoms with Crippen LogP contribution in [-0.2, 0) is 0 Å². The quantitative estimate of drug-likeness (QED) is 0.653. The van der Waals surface area contributed by atoms with Crippen molar-refractivity contribution in [2.24, 2.45) is 0 Å². The zero-order valence-corrected chi connectivity index (χ0v) is 10.6. The Morgan fingerprint density at radius 3 is 2.50 bits per heavy atom. The second kappa shape index (κ2) is 4.56. The SMILES string of the molecule is Cc1c(C(=O)c2ccc(F)c(F)c2)oc2ccccc12. The lowest BCUT2D eigenvalue weighted by Gasteiger charge is -2.00. The number of ketones is 1. The van der Waals surface area contributed by atoms with Crippen LogP contribution in [0.25, 0.3) is 11.0 Å². The molecule has 0 aliphatic rings. The van der Waals surface area contributed by atoms with Gasteiger partial charge in [-0.15, -0.1) is 0 Å². The Morgan fingerprint density at radius 2 is 1.80 bits per heavy atom. The molecule has 2 aromatic carbocycles. The first-order valence-electron chi connectivity index (χ1n) is 6.06. The van der Waals surface area contributed by atoms with Crippen molar-refractivity contribution >= 4 is 16.8 Å². The molecule has 0 N–H and O–H groups in total. The highest BCUT2D eigenvalue weighted by Crippen LogP contribution is 2.27. The highest BCUT2D eigenvalue weighted by atomic mass is 19.2. The number of hydrogen-bond acceptors (Lipinski definition) is 2. The second-order valence-electron chi connectivity index (χ2n) is 4.51. The van der Waals surface area contributed by atoms with Gasteiger partial charge in [-0.1, -0.05) is 18.2 Å². The molecule has 0 aliphatic heterocycles. The van der Waals surface area contributed by atoms with Crippen LogP contribution in [0.1, 0.15) is 21.7 Å². The Kier molecular flexibility index (Phi) is 2.86. The van der Waals surface area contributed by atoms with Crippen molar-refractivity contribution in [1.82, 2.24) is 0 Å². The molecule has 1 aromatic heterocycles. The number of benzene rings is 2. The number of fused-ring (bicyclic) bond motifs is 1. The molecule has 0 unspecified atom stereocenters. The maximum absolute atomic E-state index is 13.2. The summed E-state index contributed by atoms with van der Waals surface area (Å²) in [6.45, 7) is 1.76. The summed E-state index contributed by atoms with van der Waals surface area (Å²) in [6, 6.07) is 10.3. The molecule has 1 heterocycles. The predicted octanol–water partition coefficient (Wildman–Crippen LogP) is 4.25. The molecular weight excluding hydrogens is 262 g/mol. The van der Waals surface area contributed by atoms with Gasteiger partial charge in [0.2, 0.25) is 5.78 Å². The minimum atomic E-state index is -1.05. The van der Waals surface area contributed by atoms with Gasteiger partial charge < -0.3 is 4.42 Å². The van der Waals surface area contributed by atoms with Gasteiger partial charge in [0.05, 0.1) is 0 Å². The molecule has 0 atom stereocenters. The third-order valence-corrected chi connectivity index (χ3v) is 3.23. The Hall–Kier alpha value is -2.49. The van der Waals surface area contributed by atoms with Crippen LogP contribution in [-0.4, -0.2) is 5.78 Å². The average Bonchev–Trinajstić information content (AvgIpc) is 2.79. The molecule has 0 aliphatic carbocycles. The number of aryl methyl sites for hydroxylation is 1. The molecule has 0 bridgehead atoms. The van der Waals surface area contributed by atoms with E-state index in [2.05, 4.69) is 0 Å². The number of carbonyl (C=O) groups is 1. The third-order valence-electron chi connectivity index (χ3n) is 3.23. The summed E-state index contributed by atoms with van der Waals surface area (Å²) in [5.41, 5.74) is 1.34. The minimum absolute atomic E-state index is 0.0612. The fourth-order valence-corrected chi connectivity index (χ4v) is 2.16. The van der Waals surface area contributed by atoms with Crippen LogP contribution >= 0.6 is 0 Å². The Bertz CT molecular complexity index is 818. The van der Waals surface area contributed by atoms with Crippen LogP contribution in [0.4, 0.5) is 8.78 Å². The summed E-state index contributed by atoms with van der Waals surface area (Å²) in [5.74, 6) is -2.35. The Morgan fingerprint density at radius 1 is 1.05 bits per heavy atom. The maximum atomic E-state index is 13.2. The van der Waals surface area contributed by atoms with Crippen molar-refractivity contribution < 1.29 is 18.0 Å². The number of para-hydroxylation sites is 1. The van der Waals surface area contributed by atoms with E-state index >= 15 is 0 Å². The third kappa shape index (κ3) is 1.90. The summed E-state index contributed by atoms with van der Waals surface area (Å²) in [4.78, 5) is 12.3. The van der Waals surface area contributed by atoms with Crippen LogP contribution in [0.5, 0.6) is 0 Å². The summed E-state index contributed by atoms with van der Waals surface area (Å²) in [5, 5.41) is 0.832. The van der Waals surface area contributed by atoms with Crippen LogP contribution < -0.4 is 0 Å². The van der Waals surface area contributed by atoms with Gasteiger partial charge in [-0.3, -0.25) is 4.79 Å². The van der Waals surface area contributed by atoms with Gasteiger partial charge in [0.25, 0.3) is 0 Å². The second-order valence-corrected chi connectivity index (χ2v) is 4.51. The van der Waals surface area contributed by atoms with Crippen molar-refractivity contribution in [3.63, 3.8) is 0 Å². The summed E-state index contributed by atoms with van der Waals surface area (Å²) in [7, 11) is 0. The molecule has 0 spiro atoms. The van der Waals surface area contributed by atoms with Gasteiger partial charge in [-0.25, -0.2) is 8.78 Å². The topological polar surface area (TPSA) is 30.2 Å². The molecule has 0 fully saturated rings. The fraction of sp³-hybridized carbons (Fsp3) is 0.0625. The molecule has 0 amide bonds. The van der Waals surface area contributed by atoms with Gasteiger partial charge >= 0.3 is 0 Å². The van der Waals surface area contributed by atoms with E-state index in [4.69, 9.17) is 4.42 Å². The normalized spacial score (nSPS) is 10.9. The maximum Gasteiger partial charge on any atom is 0.228 e. The van der Waals surface area contributed by atoms with E-state index in [-0.39, 0.29) is 11.3 Å². The van der Waals surface area contributed by atoms with E-state index in [1.807, 2.05) is 12.1 Å². The number of hydrogen-bond donors (Lipinski definition) is 0. The van der Waals surface area contributed by atoms with Crippen LogP contribution in [0.15, 0.2) is 46.9 Å². The van der Waals surface area contributed by atoms with Gasteiger partial charge in [0.1, 0.15) is 5.58 Å². The number of halogens is 2. The predicted molar refractivity (Wildman–Crippen MR) is 70.7 cm³/mol. The first-order valence-corrected chi connectivity index (χ1v) is 6.06. The number of furan rings is 1. The Labute approximate surface area is 113 Å². The number of rotatable bonds is 2. The van der Waals surface area contributed by atoms with Crippen LogP contribution in [0.3, 0.4) is 0 Å². The zero-order chi connectivity index (χ0) is 14.3. The standard InChI is InChI=1S/C16H10F2O2/c1-9-11-4-2-3-5-14(11)20-16(9)15(19)10-6-7-12(17)13(18)8-10/h2-8H,1H3. The monoisotopic (exact) mass is 272 g/mol. The highest BCUT2D eigenvalue weighted by molar-refractivity contribution is 6.10. The van der Waals surface area contributed by atoms with Crippen molar-refractivity contribution in [1.29, 1.82) is 0 Å². The van der Waals surface area contributed by atoms with Gasteiger partial charge in [-0.2, -0.15) is 0 Å². The smallest absolute Gasteiger partial charge is 0.228 e. The molecule has 0 saturated heterocycles. The summed E-state index contributed by atoms with van der Waals surface area (Å²) < 4.78 is 31.6. The van der Waals surface area contributed by atoms with E-state index in [1.165, 1.54) is 6.07 Å². The van der Waals surface area contributed by atoms with E-state index < -0.39 is 17.4 Å². The molecule has 0 saturated carbocycles. The highest BCUT2D eigenvalue weighted by Gasteiger charge is 2.20. The van der Waals surface area contributed by atoms with Crippen molar-refractivity contribution in [2.45, 2.75) is 6.92 Å². The zero-order valence-electron chi connectivity index (χ0n) is 10.6. The summed E-state index contributed by atoms with van der Waals surface area (Å²) >= 11 is 0. The van der Waals surface area contributed by atoms with Crippen molar-refractivity contribution in [2.75, 3.05) is 0 Å². The van der Waals surface area contributed by atoms with E-state index in [0.717, 1.165) is 17.5 Å². The molecular formula is C16H10F2O2. The van der Waals surface area contributed by atoms with Crippen molar-refractivity contribution in [3.8, 4) is 0 Å². The van der Waals surface area contributed by atoms with E-state index in [1.54, 1.807) is 19.1 Å². The first-order chi connectivity index (χ1) is 9.58.